The highest BCUT2D eigenvalue weighted by Crippen LogP contribution is 2.40. The largest absolute Gasteiger partial charge is 0.573 e. The van der Waals surface area contributed by atoms with Crippen LogP contribution in [0.4, 0.5) is 19.1 Å². The van der Waals surface area contributed by atoms with E-state index in [1.54, 1.807) is 6.92 Å². The number of amides is 1. The maximum atomic E-state index is 12.7. The third-order valence-electron chi connectivity index (χ3n) is 3.30. The average molecular weight is 403 g/mol. The molecule has 0 saturated heterocycles. The van der Waals surface area contributed by atoms with Crippen LogP contribution in [0.2, 0.25) is 5.02 Å². The molecular formula is C14H10ClF3N6O3. The first kappa shape index (κ1) is 18.6. The van der Waals surface area contributed by atoms with Crippen molar-refractivity contribution < 1.29 is 27.2 Å². The Labute approximate surface area is 154 Å². The Hall–Kier alpha value is -3.15. The predicted octanol–water partition coefficient (Wildman–Crippen LogP) is 2.98. The first-order valence-corrected chi connectivity index (χ1v) is 7.59. The number of aryl methyl sites for hydroxylation is 2. The van der Waals surface area contributed by atoms with Gasteiger partial charge in [-0.25, -0.2) is 4.68 Å². The van der Waals surface area contributed by atoms with Gasteiger partial charge in [0.1, 0.15) is 17.2 Å². The van der Waals surface area contributed by atoms with Gasteiger partial charge in [-0.05, 0) is 29.5 Å². The highest BCUT2D eigenvalue weighted by molar-refractivity contribution is 6.37. The Morgan fingerprint density at radius 3 is 2.67 bits per heavy atom. The lowest BCUT2D eigenvalue weighted by Crippen LogP contribution is -2.19. The Bertz CT molecular complexity index is 1000. The molecule has 27 heavy (non-hydrogen) atoms. The number of tetrazole rings is 1. The lowest BCUT2D eigenvalue weighted by Gasteiger charge is -2.15. The van der Waals surface area contributed by atoms with Gasteiger partial charge in [0.2, 0.25) is 5.95 Å². The second-order valence-electron chi connectivity index (χ2n) is 5.25. The van der Waals surface area contributed by atoms with Gasteiger partial charge in [-0.15, -0.1) is 13.2 Å². The summed E-state index contributed by atoms with van der Waals surface area (Å²) in [6.45, 7) is 1.55. The molecule has 0 aliphatic heterocycles. The molecule has 0 radical (unpaired) electrons. The van der Waals surface area contributed by atoms with Gasteiger partial charge in [0, 0.05) is 13.1 Å². The second kappa shape index (κ2) is 6.87. The van der Waals surface area contributed by atoms with Crippen molar-refractivity contribution in [2.75, 3.05) is 5.32 Å². The molecule has 0 bridgehead atoms. The number of hydrogen-bond donors (Lipinski definition) is 1. The van der Waals surface area contributed by atoms with E-state index < -0.39 is 18.0 Å². The van der Waals surface area contributed by atoms with Crippen LogP contribution in [0.5, 0.6) is 5.75 Å². The van der Waals surface area contributed by atoms with Gasteiger partial charge in [-0.3, -0.25) is 10.1 Å². The van der Waals surface area contributed by atoms with Gasteiger partial charge in [0.25, 0.3) is 5.91 Å². The zero-order valence-electron chi connectivity index (χ0n) is 13.7. The lowest BCUT2D eigenvalue weighted by molar-refractivity contribution is -0.274. The van der Waals surface area contributed by atoms with E-state index >= 15 is 0 Å². The molecule has 2 heterocycles. The number of anilines is 1. The normalized spacial score (nSPS) is 11.5. The minimum absolute atomic E-state index is 0.0190. The number of rotatable bonds is 4. The standard InChI is InChI=1S/C14H10ClF3N6O3/c1-6-5-8(21-27-6)10-9(26-14(16,17)18)4-3-7(11(10)15)12(25)19-13-20-22-23-24(13)2/h3-5H,1-2H3,(H,19,20,23,25). The molecule has 3 aromatic rings. The van der Waals surface area contributed by atoms with E-state index in [9.17, 15) is 18.0 Å². The van der Waals surface area contributed by atoms with Crippen molar-refractivity contribution in [1.82, 2.24) is 25.4 Å². The highest BCUT2D eigenvalue weighted by Gasteiger charge is 2.34. The molecule has 0 saturated carbocycles. The van der Waals surface area contributed by atoms with Crippen LogP contribution < -0.4 is 10.1 Å². The molecule has 13 heteroatoms. The van der Waals surface area contributed by atoms with Crippen LogP contribution in [0.1, 0.15) is 16.1 Å². The van der Waals surface area contributed by atoms with Crippen LogP contribution in [0.15, 0.2) is 22.7 Å². The zero-order chi connectivity index (χ0) is 19.8. The summed E-state index contributed by atoms with van der Waals surface area (Å²) in [5, 5.41) is 16.2. The van der Waals surface area contributed by atoms with Crippen LogP contribution in [0.25, 0.3) is 11.3 Å². The third kappa shape index (κ3) is 4.00. The Kier molecular flexibility index (Phi) is 4.74. The number of nitrogens with one attached hydrogen (secondary N) is 1. The molecule has 0 fully saturated rings. The number of halogens is 4. The minimum atomic E-state index is -4.97. The maximum Gasteiger partial charge on any atom is 0.573 e. The molecule has 0 aliphatic rings. The molecule has 0 spiro atoms. The number of hydrogen-bond acceptors (Lipinski definition) is 7. The van der Waals surface area contributed by atoms with Gasteiger partial charge in [-0.1, -0.05) is 21.9 Å². The van der Waals surface area contributed by atoms with Gasteiger partial charge < -0.3 is 9.26 Å². The lowest BCUT2D eigenvalue weighted by atomic mass is 10.1. The molecule has 1 N–H and O–H groups in total. The number of carbonyl (C=O) groups excluding carboxylic acids is 1. The molecular weight excluding hydrogens is 393 g/mol. The fourth-order valence-electron chi connectivity index (χ4n) is 2.17. The summed E-state index contributed by atoms with van der Waals surface area (Å²) in [5.74, 6) is -1.01. The Morgan fingerprint density at radius 1 is 1.37 bits per heavy atom. The Morgan fingerprint density at radius 2 is 2.11 bits per heavy atom. The predicted molar refractivity (Wildman–Crippen MR) is 85.1 cm³/mol. The fraction of sp³-hybridized carbons (Fsp3) is 0.214. The molecule has 2 aromatic heterocycles. The van der Waals surface area contributed by atoms with Crippen molar-refractivity contribution in [3.05, 3.63) is 34.5 Å². The van der Waals surface area contributed by atoms with Crippen LogP contribution in [0.3, 0.4) is 0 Å². The summed E-state index contributed by atoms with van der Waals surface area (Å²) in [4.78, 5) is 12.5. The van der Waals surface area contributed by atoms with Crippen molar-refractivity contribution in [1.29, 1.82) is 0 Å². The van der Waals surface area contributed by atoms with Crippen LogP contribution in [-0.4, -0.2) is 37.6 Å². The summed E-state index contributed by atoms with van der Waals surface area (Å²) in [6, 6.07) is 3.40. The van der Waals surface area contributed by atoms with E-state index in [0.717, 1.165) is 12.1 Å². The number of aromatic nitrogens is 5. The van der Waals surface area contributed by atoms with Crippen LogP contribution in [-0.2, 0) is 7.05 Å². The number of ether oxygens (including phenoxy) is 1. The number of carbonyl (C=O) groups is 1. The van der Waals surface area contributed by atoms with E-state index in [0.29, 0.717) is 5.76 Å². The summed E-state index contributed by atoms with van der Waals surface area (Å²) >= 11 is 6.21. The van der Waals surface area contributed by atoms with E-state index in [-0.39, 0.29) is 27.8 Å². The van der Waals surface area contributed by atoms with Crippen molar-refractivity contribution in [3.63, 3.8) is 0 Å². The second-order valence-corrected chi connectivity index (χ2v) is 5.63. The van der Waals surface area contributed by atoms with Crippen LogP contribution in [0, 0.1) is 6.92 Å². The minimum Gasteiger partial charge on any atom is -0.405 e. The molecule has 0 aliphatic carbocycles. The smallest absolute Gasteiger partial charge is 0.405 e. The van der Waals surface area contributed by atoms with E-state index in [2.05, 4.69) is 30.7 Å². The first-order chi connectivity index (χ1) is 12.7. The molecule has 0 unspecified atom stereocenters. The first-order valence-electron chi connectivity index (χ1n) is 7.21. The molecule has 9 nitrogen and oxygen atoms in total. The van der Waals surface area contributed by atoms with Gasteiger partial charge in [0.05, 0.1) is 16.1 Å². The van der Waals surface area contributed by atoms with E-state index in [1.165, 1.54) is 17.8 Å². The SMILES string of the molecule is Cc1cc(-c2c(OC(F)(F)F)ccc(C(=O)Nc3nnnn3C)c2Cl)no1. The average Bonchev–Trinajstić information content (AvgIpc) is 3.15. The monoisotopic (exact) mass is 402 g/mol. The molecule has 0 atom stereocenters. The van der Waals surface area contributed by atoms with Crippen LogP contribution >= 0.6 is 11.6 Å². The number of nitrogens with zero attached hydrogens (tertiary/aromatic N) is 5. The van der Waals surface area contributed by atoms with Crippen molar-refractivity contribution in [3.8, 4) is 17.0 Å². The van der Waals surface area contributed by atoms with Gasteiger partial charge in [0.15, 0.2) is 0 Å². The quantitative estimate of drug-likeness (QED) is 0.714. The molecule has 1 amide bonds. The summed E-state index contributed by atoms with van der Waals surface area (Å²) in [6.07, 6.45) is -4.97. The zero-order valence-corrected chi connectivity index (χ0v) is 14.5. The summed E-state index contributed by atoms with van der Waals surface area (Å²) in [7, 11) is 1.49. The summed E-state index contributed by atoms with van der Waals surface area (Å²) in [5.41, 5.74) is -0.397. The molecule has 1 aromatic carbocycles. The van der Waals surface area contributed by atoms with Crippen molar-refractivity contribution in [2.45, 2.75) is 13.3 Å². The number of benzene rings is 1. The topological polar surface area (TPSA) is 108 Å². The third-order valence-corrected chi connectivity index (χ3v) is 3.70. The summed E-state index contributed by atoms with van der Waals surface area (Å²) < 4.78 is 48.2. The highest BCUT2D eigenvalue weighted by atomic mass is 35.5. The van der Waals surface area contributed by atoms with Gasteiger partial charge >= 0.3 is 6.36 Å². The maximum absolute atomic E-state index is 12.7. The van der Waals surface area contributed by atoms with Gasteiger partial charge in [-0.2, -0.15) is 0 Å². The fourth-order valence-corrected chi connectivity index (χ4v) is 2.51. The van der Waals surface area contributed by atoms with Crippen molar-refractivity contribution >= 4 is 23.5 Å². The van der Waals surface area contributed by atoms with Crippen molar-refractivity contribution in [2.24, 2.45) is 7.05 Å². The van der Waals surface area contributed by atoms with E-state index in [4.69, 9.17) is 16.1 Å². The Balaban J connectivity index is 2.06. The molecule has 142 valence electrons. The van der Waals surface area contributed by atoms with E-state index in [1.807, 2.05) is 0 Å². The number of alkyl halides is 3. The molecule has 3 rings (SSSR count).